The van der Waals surface area contributed by atoms with E-state index in [0.717, 1.165) is 19.6 Å². The van der Waals surface area contributed by atoms with Gasteiger partial charge in [-0.1, -0.05) is 0 Å². The molecule has 1 atom stereocenters. The number of rotatable bonds is 5. The average Bonchev–Trinajstić information content (AvgIpc) is 2.40. The van der Waals surface area contributed by atoms with Crippen molar-refractivity contribution in [2.24, 2.45) is 0 Å². The van der Waals surface area contributed by atoms with Crippen LogP contribution in [0, 0.1) is 0 Å². The Morgan fingerprint density at radius 2 is 2.50 bits per heavy atom. The lowest BCUT2D eigenvalue weighted by molar-refractivity contribution is 0.0415. The van der Waals surface area contributed by atoms with E-state index in [1.165, 1.54) is 0 Å². The molecule has 1 N–H and O–H groups in total. The van der Waals surface area contributed by atoms with Gasteiger partial charge >= 0.3 is 0 Å². The molecule has 100 valence electrons. The second-order valence-electron chi connectivity index (χ2n) is 4.12. The molecule has 0 amide bonds. The topological polar surface area (TPSA) is 59.5 Å². The maximum absolute atomic E-state index is 5.66. The van der Waals surface area contributed by atoms with Crippen LogP contribution in [0.5, 0.6) is 5.88 Å². The molecular formula is C12H20N4O2. The van der Waals surface area contributed by atoms with Gasteiger partial charge in [-0.15, -0.1) is 0 Å². The smallest absolute Gasteiger partial charge is 0.228 e. The van der Waals surface area contributed by atoms with E-state index in [1.54, 1.807) is 12.3 Å². The Morgan fingerprint density at radius 3 is 3.28 bits per heavy atom. The predicted octanol–water partition coefficient (Wildman–Crippen LogP) is 0.300. The number of nitrogens with zero attached hydrogens (tertiary/aromatic N) is 3. The van der Waals surface area contributed by atoms with Crippen molar-refractivity contribution in [1.29, 1.82) is 0 Å². The van der Waals surface area contributed by atoms with E-state index < -0.39 is 0 Å². The zero-order valence-electron chi connectivity index (χ0n) is 10.9. The molecule has 2 heterocycles. The van der Waals surface area contributed by atoms with Gasteiger partial charge in [0.1, 0.15) is 0 Å². The minimum Gasteiger partial charge on any atom is -0.478 e. The lowest BCUT2D eigenvalue weighted by Crippen LogP contribution is -2.46. The first kappa shape index (κ1) is 13.0. The highest BCUT2D eigenvalue weighted by molar-refractivity contribution is 5.32. The Labute approximate surface area is 107 Å². The molecule has 0 aromatic carbocycles. The van der Waals surface area contributed by atoms with Crippen molar-refractivity contribution in [3.8, 4) is 5.88 Å². The second kappa shape index (κ2) is 6.51. The highest BCUT2D eigenvalue weighted by atomic mass is 16.5. The highest BCUT2D eigenvalue weighted by Crippen LogP contribution is 2.15. The van der Waals surface area contributed by atoms with Gasteiger partial charge in [0.2, 0.25) is 11.8 Å². The van der Waals surface area contributed by atoms with Crippen molar-refractivity contribution in [2.75, 3.05) is 44.8 Å². The molecule has 1 fully saturated rings. The van der Waals surface area contributed by atoms with E-state index >= 15 is 0 Å². The lowest BCUT2D eigenvalue weighted by Gasteiger charge is -2.32. The Balaban J connectivity index is 2.03. The average molecular weight is 252 g/mol. The molecule has 2 rings (SSSR count). The SMILES string of the molecule is CCOc1ccnc(N2CCOC(CNC)C2)n1. The van der Waals surface area contributed by atoms with Gasteiger partial charge in [-0.3, -0.25) is 0 Å². The maximum atomic E-state index is 5.66. The molecule has 1 saturated heterocycles. The van der Waals surface area contributed by atoms with Gasteiger partial charge < -0.3 is 19.7 Å². The summed E-state index contributed by atoms with van der Waals surface area (Å²) < 4.78 is 11.0. The Kier molecular flexibility index (Phi) is 4.72. The largest absolute Gasteiger partial charge is 0.478 e. The van der Waals surface area contributed by atoms with Crippen molar-refractivity contribution in [1.82, 2.24) is 15.3 Å². The summed E-state index contributed by atoms with van der Waals surface area (Å²) in [5.74, 6) is 1.34. The number of hydrogen-bond acceptors (Lipinski definition) is 6. The fourth-order valence-corrected chi connectivity index (χ4v) is 1.97. The molecule has 0 aliphatic carbocycles. The van der Waals surface area contributed by atoms with Crippen molar-refractivity contribution >= 4 is 5.95 Å². The zero-order chi connectivity index (χ0) is 12.8. The summed E-state index contributed by atoms with van der Waals surface area (Å²) in [5, 5.41) is 3.12. The Morgan fingerprint density at radius 1 is 1.61 bits per heavy atom. The van der Waals surface area contributed by atoms with E-state index in [4.69, 9.17) is 9.47 Å². The fourth-order valence-electron chi connectivity index (χ4n) is 1.97. The number of nitrogens with one attached hydrogen (secondary N) is 1. The summed E-state index contributed by atoms with van der Waals surface area (Å²) in [6.45, 7) is 5.71. The predicted molar refractivity (Wildman–Crippen MR) is 69.1 cm³/mol. The first-order valence-electron chi connectivity index (χ1n) is 6.30. The lowest BCUT2D eigenvalue weighted by atomic mass is 10.3. The third-order valence-electron chi connectivity index (χ3n) is 2.76. The summed E-state index contributed by atoms with van der Waals surface area (Å²) >= 11 is 0. The first-order chi connectivity index (χ1) is 8.83. The maximum Gasteiger partial charge on any atom is 0.228 e. The van der Waals surface area contributed by atoms with Gasteiger partial charge in [-0.2, -0.15) is 4.98 Å². The molecule has 1 aromatic heterocycles. The molecule has 0 bridgehead atoms. The van der Waals surface area contributed by atoms with Crippen LogP contribution >= 0.6 is 0 Å². The summed E-state index contributed by atoms with van der Waals surface area (Å²) in [6.07, 6.45) is 1.92. The van der Waals surface area contributed by atoms with Gasteiger partial charge in [0.25, 0.3) is 0 Å². The Hall–Kier alpha value is -1.40. The third kappa shape index (κ3) is 3.30. The standard InChI is InChI=1S/C12H20N4O2/c1-3-17-11-4-5-14-12(15-11)16-6-7-18-10(9-16)8-13-2/h4-5,10,13H,3,6-9H2,1-2H3. The third-order valence-corrected chi connectivity index (χ3v) is 2.76. The van der Waals surface area contributed by atoms with E-state index in [2.05, 4.69) is 20.2 Å². The van der Waals surface area contributed by atoms with Crippen LogP contribution in [0.1, 0.15) is 6.92 Å². The molecule has 1 aliphatic heterocycles. The minimum absolute atomic E-state index is 0.183. The van der Waals surface area contributed by atoms with Crippen molar-refractivity contribution in [2.45, 2.75) is 13.0 Å². The van der Waals surface area contributed by atoms with Gasteiger partial charge in [0.15, 0.2) is 0 Å². The van der Waals surface area contributed by atoms with Gasteiger partial charge in [-0.25, -0.2) is 4.98 Å². The molecule has 1 aliphatic rings. The molecule has 18 heavy (non-hydrogen) atoms. The molecule has 0 spiro atoms. The molecule has 1 aromatic rings. The van der Waals surface area contributed by atoms with Crippen molar-refractivity contribution < 1.29 is 9.47 Å². The number of likely N-dealkylation sites (N-methyl/N-ethyl adjacent to an activating group) is 1. The van der Waals surface area contributed by atoms with Gasteiger partial charge in [-0.05, 0) is 14.0 Å². The quantitative estimate of drug-likeness (QED) is 0.813. The molecule has 6 heteroatoms. The molecular weight excluding hydrogens is 232 g/mol. The van der Waals surface area contributed by atoms with Crippen LogP contribution in [0.25, 0.3) is 0 Å². The Bertz CT molecular complexity index is 373. The number of ether oxygens (including phenoxy) is 2. The van der Waals surface area contributed by atoms with Gasteiger partial charge in [0.05, 0.1) is 19.3 Å². The minimum atomic E-state index is 0.183. The van der Waals surface area contributed by atoms with E-state index in [-0.39, 0.29) is 6.10 Å². The first-order valence-corrected chi connectivity index (χ1v) is 6.30. The van der Waals surface area contributed by atoms with E-state index in [1.807, 2.05) is 14.0 Å². The molecule has 0 radical (unpaired) electrons. The summed E-state index contributed by atoms with van der Waals surface area (Å²) in [5.41, 5.74) is 0. The van der Waals surface area contributed by atoms with Gasteiger partial charge in [0, 0.05) is 31.9 Å². The number of morpholine rings is 1. The van der Waals surface area contributed by atoms with E-state index in [0.29, 0.717) is 25.0 Å². The van der Waals surface area contributed by atoms with Crippen LogP contribution < -0.4 is 15.0 Å². The zero-order valence-corrected chi connectivity index (χ0v) is 10.9. The summed E-state index contributed by atoms with van der Waals surface area (Å²) in [6, 6.07) is 1.78. The molecule has 6 nitrogen and oxygen atoms in total. The number of aromatic nitrogens is 2. The normalized spacial score (nSPS) is 19.9. The van der Waals surface area contributed by atoms with Crippen molar-refractivity contribution in [3.63, 3.8) is 0 Å². The summed E-state index contributed by atoms with van der Waals surface area (Å²) in [7, 11) is 1.93. The van der Waals surface area contributed by atoms with Crippen LogP contribution in [-0.2, 0) is 4.74 Å². The van der Waals surface area contributed by atoms with Crippen LogP contribution in [0.4, 0.5) is 5.95 Å². The van der Waals surface area contributed by atoms with E-state index in [9.17, 15) is 0 Å². The number of anilines is 1. The van der Waals surface area contributed by atoms with Crippen LogP contribution in [0.3, 0.4) is 0 Å². The summed E-state index contributed by atoms with van der Waals surface area (Å²) in [4.78, 5) is 10.8. The fraction of sp³-hybridized carbons (Fsp3) is 0.667. The number of hydrogen-bond donors (Lipinski definition) is 1. The second-order valence-corrected chi connectivity index (χ2v) is 4.12. The monoisotopic (exact) mass is 252 g/mol. The van der Waals surface area contributed by atoms with Crippen LogP contribution in [-0.4, -0.2) is 56.0 Å². The molecule has 0 saturated carbocycles. The van der Waals surface area contributed by atoms with Crippen LogP contribution in [0.15, 0.2) is 12.3 Å². The molecule has 1 unspecified atom stereocenters. The highest BCUT2D eigenvalue weighted by Gasteiger charge is 2.21. The van der Waals surface area contributed by atoms with Crippen LogP contribution in [0.2, 0.25) is 0 Å². The van der Waals surface area contributed by atoms with Crippen molar-refractivity contribution in [3.05, 3.63) is 12.3 Å².